The van der Waals surface area contributed by atoms with Gasteiger partial charge in [-0.2, -0.15) is 0 Å². The van der Waals surface area contributed by atoms with Crippen LogP contribution in [0, 0.1) is 0 Å². The zero-order valence-corrected chi connectivity index (χ0v) is 12.6. The number of nitrogens with one attached hydrogen (secondary N) is 1. The minimum absolute atomic E-state index is 0.0331. The molecule has 0 fully saturated rings. The van der Waals surface area contributed by atoms with Crippen molar-refractivity contribution in [2.24, 2.45) is 0 Å². The predicted molar refractivity (Wildman–Crippen MR) is 80.3 cm³/mol. The van der Waals surface area contributed by atoms with Crippen LogP contribution in [-0.4, -0.2) is 36.2 Å². The fraction of sp³-hybridized carbons (Fsp3) is 0.562. The highest BCUT2D eigenvalue weighted by Crippen LogP contribution is 2.12. The lowest BCUT2D eigenvalue weighted by molar-refractivity contribution is 0.101. The summed E-state index contributed by atoms with van der Waals surface area (Å²) in [4.78, 5) is 11.1. The molecule has 0 saturated carbocycles. The van der Waals surface area contributed by atoms with Crippen LogP contribution in [0.5, 0.6) is 5.75 Å². The molecular weight excluding hydrogens is 254 g/mol. The summed E-state index contributed by atoms with van der Waals surface area (Å²) in [6, 6.07) is 7.36. The molecule has 0 unspecified atom stereocenters. The van der Waals surface area contributed by atoms with Crippen molar-refractivity contribution in [2.75, 3.05) is 13.2 Å². The third-order valence-corrected chi connectivity index (χ3v) is 3.13. The van der Waals surface area contributed by atoms with Crippen molar-refractivity contribution >= 4 is 5.78 Å². The van der Waals surface area contributed by atoms with E-state index in [0.29, 0.717) is 23.9 Å². The van der Waals surface area contributed by atoms with Crippen LogP contribution in [0.25, 0.3) is 0 Å². The number of hydrogen-bond acceptors (Lipinski definition) is 4. The molecule has 0 amide bonds. The van der Waals surface area contributed by atoms with Gasteiger partial charge in [-0.15, -0.1) is 0 Å². The maximum atomic E-state index is 11.1. The molecule has 20 heavy (non-hydrogen) atoms. The molecular formula is C16H25NO3. The van der Waals surface area contributed by atoms with E-state index >= 15 is 0 Å². The van der Waals surface area contributed by atoms with Gasteiger partial charge in [-0.3, -0.25) is 4.79 Å². The van der Waals surface area contributed by atoms with Crippen LogP contribution in [0.2, 0.25) is 0 Å². The van der Waals surface area contributed by atoms with E-state index in [-0.39, 0.29) is 12.4 Å². The smallest absolute Gasteiger partial charge is 0.159 e. The van der Waals surface area contributed by atoms with Crippen molar-refractivity contribution in [1.29, 1.82) is 0 Å². The Hall–Kier alpha value is -1.39. The molecule has 0 aliphatic carbocycles. The number of rotatable bonds is 9. The third kappa shape index (κ3) is 6.17. The van der Waals surface area contributed by atoms with Gasteiger partial charge >= 0.3 is 0 Å². The molecule has 1 rings (SSSR count). The monoisotopic (exact) mass is 279 g/mol. The Morgan fingerprint density at radius 1 is 1.35 bits per heavy atom. The van der Waals surface area contributed by atoms with Gasteiger partial charge in [0.05, 0.1) is 0 Å². The summed E-state index contributed by atoms with van der Waals surface area (Å²) < 4.78 is 5.49. The second-order valence-electron chi connectivity index (χ2n) is 5.14. The molecule has 0 heterocycles. The molecule has 4 nitrogen and oxygen atoms in total. The molecule has 4 heteroatoms. The molecule has 112 valence electrons. The molecule has 0 aliphatic heterocycles. The SMILES string of the molecule is CCC[C@@H](C)NC[C@@H](O)COc1ccc(C(C)=O)cc1. The zero-order valence-electron chi connectivity index (χ0n) is 12.6. The molecule has 0 radical (unpaired) electrons. The zero-order chi connectivity index (χ0) is 15.0. The Morgan fingerprint density at radius 3 is 2.55 bits per heavy atom. The highest BCUT2D eigenvalue weighted by molar-refractivity contribution is 5.94. The number of ketones is 1. The van der Waals surface area contributed by atoms with Crippen molar-refractivity contribution in [3.63, 3.8) is 0 Å². The maximum Gasteiger partial charge on any atom is 0.159 e. The Bertz CT molecular complexity index is 403. The lowest BCUT2D eigenvalue weighted by atomic mass is 10.1. The largest absolute Gasteiger partial charge is 0.491 e. The van der Waals surface area contributed by atoms with E-state index in [1.807, 2.05) is 0 Å². The van der Waals surface area contributed by atoms with E-state index < -0.39 is 6.10 Å². The van der Waals surface area contributed by atoms with Crippen molar-refractivity contribution in [3.8, 4) is 5.75 Å². The lowest BCUT2D eigenvalue weighted by Gasteiger charge is -2.17. The van der Waals surface area contributed by atoms with Gasteiger partial charge < -0.3 is 15.2 Å². The average molecular weight is 279 g/mol. The summed E-state index contributed by atoms with van der Waals surface area (Å²) >= 11 is 0. The van der Waals surface area contributed by atoms with Gasteiger partial charge in [-0.1, -0.05) is 13.3 Å². The lowest BCUT2D eigenvalue weighted by Crippen LogP contribution is -2.36. The summed E-state index contributed by atoms with van der Waals surface area (Å²) in [5, 5.41) is 13.1. The standard InChI is InChI=1S/C16H25NO3/c1-4-5-12(2)17-10-15(19)11-20-16-8-6-14(7-9-16)13(3)18/h6-9,12,15,17,19H,4-5,10-11H2,1-3H3/t12-,15-/m1/s1. The van der Waals surface area contributed by atoms with Gasteiger partial charge in [0, 0.05) is 18.2 Å². The summed E-state index contributed by atoms with van der Waals surface area (Å²) in [6.45, 7) is 6.54. The normalized spacial score (nSPS) is 13.8. The molecule has 2 atom stereocenters. The number of aliphatic hydroxyl groups is 1. The van der Waals surface area contributed by atoms with Gasteiger partial charge in [0.15, 0.2) is 5.78 Å². The van der Waals surface area contributed by atoms with Gasteiger partial charge in [0.2, 0.25) is 0 Å². The van der Waals surface area contributed by atoms with E-state index in [1.165, 1.54) is 6.92 Å². The van der Waals surface area contributed by atoms with Crippen LogP contribution >= 0.6 is 0 Å². The topological polar surface area (TPSA) is 58.6 Å². The predicted octanol–water partition coefficient (Wildman–Crippen LogP) is 2.41. The number of hydrogen-bond donors (Lipinski definition) is 2. The van der Waals surface area contributed by atoms with Crippen LogP contribution in [0.15, 0.2) is 24.3 Å². The maximum absolute atomic E-state index is 11.1. The Labute approximate surface area is 121 Å². The van der Waals surface area contributed by atoms with E-state index in [9.17, 15) is 9.90 Å². The van der Waals surface area contributed by atoms with Gasteiger partial charge in [0.1, 0.15) is 18.5 Å². The summed E-state index contributed by atoms with van der Waals surface area (Å²) in [6.07, 6.45) is 1.69. The fourth-order valence-corrected chi connectivity index (χ4v) is 1.91. The summed E-state index contributed by atoms with van der Waals surface area (Å²) in [7, 11) is 0. The van der Waals surface area contributed by atoms with Gasteiger partial charge in [0.25, 0.3) is 0 Å². The van der Waals surface area contributed by atoms with Crippen molar-refractivity contribution in [1.82, 2.24) is 5.32 Å². The fourth-order valence-electron chi connectivity index (χ4n) is 1.91. The molecule has 0 spiro atoms. The number of Topliss-reactive ketones (excluding diaryl/α,β-unsaturated/α-hetero) is 1. The number of carbonyl (C=O) groups is 1. The summed E-state index contributed by atoms with van der Waals surface area (Å²) in [5.74, 6) is 0.696. The number of carbonyl (C=O) groups excluding carboxylic acids is 1. The first-order chi connectivity index (χ1) is 9.52. The minimum atomic E-state index is -0.540. The number of benzene rings is 1. The first kappa shape index (κ1) is 16.7. The van der Waals surface area contributed by atoms with E-state index in [4.69, 9.17) is 4.74 Å². The highest BCUT2D eigenvalue weighted by Gasteiger charge is 2.08. The van der Waals surface area contributed by atoms with E-state index in [1.54, 1.807) is 24.3 Å². The summed E-state index contributed by atoms with van der Waals surface area (Å²) in [5.41, 5.74) is 0.660. The van der Waals surface area contributed by atoms with Crippen molar-refractivity contribution < 1.29 is 14.6 Å². The Morgan fingerprint density at radius 2 is 2.00 bits per heavy atom. The first-order valence-electron chi connectivity index (χ1n) is 7.18. The minimum Gasteiger partial charge on any atom is -0.491 e. The Balaban J connectivity index is 2.30. The molecule has 1 aromatic rings. The first-order valence-corrected chi connectivity index (χ1v) is 7.18. The van der Waals surface area contributed by atoms with Gasteiger partial charge in [-0.05, 0) is 44.5 Å². The number of aliphatic hydroxyl groups excluding tert-OH is 1. The quantitative estimate of drug-likeness (QED) is 0.682. The average Bonchev–Trinajstić information content (AvgIpc) is 2.43. The molecule has 0 saturated heterocycles. The van der Waals surface area contributed by atoms with Crippen LogP contribution in [0.4, 0.5) is 0 Å². The van der Waals surface area contributed by atoms with Crippen LogP contribution in [0.3, 0.4) is 0 Å². The molecule has 0 aromatic heterocycles. The van der Waals surface area contributed by atoms with E-state index in [0.717, 1.165) is 12.8 Å². The Kier molecular flexibility index (Phi) is 7.26. The second-order valence-corrected chi connectivity index (χ2v) is 5.14. The van der Waals surface area contributed by atoms with Crippen molar-refractivity contribution in [3.05, 3.63) is 29.8 Å². The van der Waals surface area contributed by atoms with Crippen LogP contribution < -0.4 is 10.1 Å². The third-order valence-electron chi connectivity index (χ3n) is 3.13. The molecule has 1 aromatic carbocycles. The highest BCUT2D eigenvalue weighted by atomic mass is 16.5. The van der Waals surface area contributed by atoms with E-state index in [2.05, 4.69) is 19.2 Å². The second kappa shape index (κ2) is 8.72. The van der Waals surface area contributed by atoms with Crippen LogP contribution in [-0.2, 0) is 0 Å². The molecule has 0 aliphatic rings. The van der Waals surface area contributed by atoms with Gasteiger partial charge in [-0.25, -0.2) is 0 Å². The molecule has 0 bridgehead atoms. The molecule has 2 N–H and O–H groups in total. The van der Waals surface area contributed by atoms with Crippen LogP contribution in [0.1, 0.15) is 44.0 Å². The number of ether oxygens (including phenoxy) is 1. The van der Waals surface area contributed by atoms with Crippen molar-refractivity contribution in [2.45, 2.75) is 45.8 Å².